The molecule has 2 aromatic rings. The zero-order valence-electron chi connectivity index (χ0n) is 8.07. The van der Waals surface area contributed by atoms with Crippen LogP contribution in [0, 0.1) is 6.92 Å². The van der Waals surface area contributed by atoms with Gasteiger partial charge in [0.15, 0.2) is 3.92 Å². The Labute approximate surface area is 99.9 Å². The van der Waals surface area contributed by atoms with Crippen molar-refractivity contribution in [3.05, 3.63) is 33.5 Å². The van der Waals surface area contributed by atoms with Crippen LogP contribution in [0.3, 0.4) is 0 Å². The summed E-state index contributed by atoms with van der Waals surface area (Å²) in [5.41, 5.74) is 2.16. The van der Waals surface area contributed by atoms with Gasteiger partial charge in [-0.15, -0.1) is 10.2 Å². The topological polar surface area (TPSA) is 50.7 Å². The Hall–Kier alpha value is -1.01. The smallest absolute Gasteiger partial charge is 0.206 e. The van der Waals surface area contributed by atoms with Gasteiger partial charge in [-0.25, -0.2) is 0 Å². The molecule has 6 heteroatoms. The predicted octanol–water partition coefficient (Wildman–Crippen LogP) is 2.62. The van der Waals surface area contributed by atoms with Crippen molar-refractivity contribution in [3.8, 4) is 0 Å². The van der Waals surface area contributed by atoms with E-state index < -0.39 is 0 Å². The van der Waals surface area contributed by atoms with Crippen LogP contribution in [0.4, 0.5) is 5.13 Å². The maximum absolute atomic E-state index is 4.21. The summed E-state index contributed by atoms with van der Waals surface area (Å²) in [7, 11) is 0. The summed E-state index contributed by atoms with van der Waals surface area (Å²) in [6.45, 7) is 2.69. The molecule has 0 spiro atoms. The maximum atomic E-state index is 4.21. The van der Waals surface area contributed by atoms with Gasteiger partial charge in [0.1, 0.15) is 0 Å². The van der Waals surface area contributed by atoms with Gasteiger partial charge in [-0.2, -0.15) is 0 Å². The van der Waals surface area contributed by atoms with E-state index in [9.17, 15) is 0 Å². The monoisotopic (exact) mass is 284 g/mol. The van der Waals surface area contributed by atoms with Crippen LogP contribution in [0.15, 0.2) is 22.2 Å². The van der Waals surface area contributed by atoms with Gasteiger partial charge >= 0.3 is 0 Å². The molecule has 2 heterocycles. The Bertz CT molecular complexity index is 440. The highest BCUT2D eigenvalue weighted by molar-refractivity contribution is 9.11. The molecule has 0 aromatic carbocycles. The maximum Gasteiger partial charge on any atom is 0.206 e. The van der Waals surface area contributed by atoms with Crippen molar-refractivity contribution in [2.45, 2.75) is 13.5 Å². The van der Waals surface area contributed by atoms with Gasteiger partial charge in [0, 0.05) is 18.4 Å². The van der Waals surface area contributed by atoms with E-state index in [1.165, 1.54) is 11.3 Å². The Morgan fingerprint density at radius 3 is 2.87 bits per heavy atom. The van der Waals surface area contributed by atoms with E-state index in [2.05, 4.69) is 36.4 Å². The van der Waals surface area contributed by atoms with Crippen LogP contribution < -0.4 is 5.32 Å². The van der Waals surface area contributed by atoms with E-state index in [0.717, 1.165) is 26.9 Å². The molecule has 0 radical (unpaired) electrons. The van der Waals surface area contributed by atoms with E-state index >= 15 is 0 Å². The number of nitrogens with one attached hydrogen (secondary N) is 1. The summed E-state index contributed by atoms with van der Waals surface area (Å²) in [5.74, 6) is 0. The Kier molecular flexibility index (Phi) is 3.27. The van der Waals surface area contributed by atoms with Gasteiger partial charge in [-0.1, -0.05) is 17.4 Å². The number of anilines is 1. The lowest BCUT2D eigenvalue weighted by Gasteiger charge is -2.01. The first-order chi connectivity index (χ1) is 7.24. The molecule has 2 aromatic heterocycles. The van der Waals surface area contributed by atoms with Crippen molar-refractivity contribution >= 4 is 32.4 Å². The molecular weight excluding hydrogens is 276 g/mol. The molecule has 15 heavy (non-hydrogen) atoms. The summed E-state index contributed by atoms with van der Waals surface area (Å²) in [6, 6.07) is 4.04. The Morgan fingerprint density at radius 2 is 2.27 bits per heavy atom. The zero-order valence-corrected chi connectivity index (χ0v) is 10.5. The molecule has 0 saturated heterocycles. The number of nitrogens with zero attached hydrogens (tertiary/aromatic N) is 3. The van der Waals surface area contributed by atoms with Crippen LogP contribution in [-0.2, 0) is 6.54 Å². The molecule has 1 N–H and O–H groups in total. The number of hydrogen-bond acceptors (Lipinski definition) is 5. The lowest BCUT2D eigenvalue weighted by molar-refractivity contribution is 1.03. The molecule has 0 fully saturated rings. The average Bonchev–Trinajstić information content (AvgIpc) is 2.64. The molecule has 0 atom stereocenters. The van der Waals surface area contributed by atoms with Crippen molar-refractivity contribution in [1.29, 1.82) is 0 Å². The minimum absolute atomic E-state index is 0.717. The molecule has 0 aliphatic heterocycles. The quantitative estimate of drug-likeness (QED) is 0.941. The second-order valence-electron chi connectivity index (χ2n) is 3.02. The molecule has 0 unspecified atom stereocenters. The number of aryl methyl sites for hydroxylation is 1. The SMILES string of the molecule is Cc1ccc(CNc2nnc(Br)s2)cn1. The third-order valence-electron chi connectivity index (χ3n) is 1.82. The second-order valence-corrected chi connectivity index (χ2v) is 5.28. The first kappa shape index (κ1) is 10.5. The first-order valence-corrected chi connectivity index (χ1v) is 5.99. The zero-order chi connectivity index (χ0) is 10.7. The number of aromatic nitrogens is 3. The highest BCUT2D eigenvalue weighted by Crippen LogP contribution is 2.20. The molecule has 4 nitrogen and oxygen atoms in total. The molecule has 0 bridgehead atoms. The van der Waals surface area contributed by atoms with Crippen LogP contribution >= 0.6 is 27.3 Å². The van der Waals surface area contributed by atoms with Gasteiger partial charge in [0.05, 0.1) is 0 Å². The third-order valence-corrected chi connectivity index (χ3v) is 3.13. The molecular formula is C9H9BrN4S. The van der Waals surface area contributed by atoms with Gasteiger partial charge in [0.25, 0.3) is 0 Å². The van der Waals surface area contributed by atoms with Crippen molar-refractivity contribution < 1.29 is 0 Å². The standard InChI is InChI=1S/C9H9BrN4S/c1-6-2-3-7(4-11-6)5-12-9-14-13-8(10)15-9/h2-4H,5H2,1H3,(H,12,14). The fourth-order valence-electron chi connectivity index (χ4n) is 1.06. The number of pyridine rings is 1. The van der Waals surface area contributed by atoms with Crippen LogP contribution in [0.2, 0.25) is 0 Å². The molecule has 0 saturated carbocycles. The summed E-state index contributed by atoms with van der Waals surface area (Å²) < 4.78 is 0.784. The molecule has 0 aliphatic rings. The summed E-state index contributed by atoms with van der Waals surface area (Å²) in [6.07, 6.45) is 1.86. The second kappa shape index (κ2) is 4.67. The van der Waals surface area contributed by atoms with Gasteiger partial charge < -0.3 is 5.32 Å². The summed E-state index contributed by atoms with van der Waals surface area (Å²) in [5, 5.41) is 11.8. The van der Waals surface area contributed by atoms with Gasteiger partial charge in [-0.05, 0) is 34.5 Å². The molecule has 2 rings (SSSR count). The van der Waals surface area contributed by atoms with Crippen LogP contribution in [0.5, 0.6) is 0 Å². The number of halogens is 1. The van der Waals surface area contributed by atoms with E-state index in [1.54, 1.807) is 0 Å². The van der Waals surface area contributed by atoms with Crippen LogP contribution in [-0.4, -0.2) is 15.2 Å². The summed E-state index contributed by atoms with van der Waals surface area (Å²) in [4.78, 5) is 4.21. The lowest BCUT2D eigenvalue weighted by Crippen LogP contribution is -1.99. The van der Waals surface area contributed by atoms with Gasteiger partial charge in [0.2, 0.25) is 5.13 Å². The minimum Gasteiger partial charge on any atom is -0.356 e. The average molecular weight is 285 g/mol. The fraction of sp³-hybridized carbons (Fsp3) is 0.222. The van der Waals surface area contributed by atoms with E-state index in [4.69, 9.17) is 0 Å². The van der Waals surface area contributed by atoms with Crippen LogP contribution in [0.1, 0.15) is 11.3 Å². The Balaban J connectivity index is 1.96. The fourth-order valence-corrected chi connectivity index (χ4v) is 2.06. The van der Waals surface area contributed by atoms with E-state index in [0.29, 0.717) is 0 Å². The number of rotatable bonds is 3. The lowest BCUT2D eigenvalue weighted by atomic mass is 10.2. The minimum atomic E-state index is 0.717. The van der Waals surface area contributed by atoms with Crippen molar-refractivity contribution in [2.75, 3.05) is 5.32 Å². The molecule has 78 valence electrons. The highest BCUT2D eigenvalue weighted by atomic mass is 79.9. The summed E-state index contributed by atoms with van der Waals surface area (Å²) >= 11 is 4.73. The molecule has 0 amide bonds. The van der Waals surface area contributed by atoms with Crippen molar-refractivity contribution in [2.24, 2.45) is 0 Å². The van der Waals surface area contributed by atoms with E-state index in [1.807, 2.05) is 25.3 Å². The predicted molar refractivity (Wildman–Crippen MR) is 63.9 cm³/mol. The normalized spacial score (nSPS) is 10.3. The highest BCUT2D eigenvalue weighted by Gasteiger charge is 2.00. The van der Waals surface area contributed by atoms with Crippen LogP contribution in [0.25, 0.3) is 0 Å². The molecule has 0 aliphatic carbocycles. The van der Waals surface area contributed by atoms with Crippen molar-refractivity contribution in [3.63, 3.8) is 0 Å². The Morgan fingerprint density at radius 1 is 1.40 bits per heavy atom. The third kappa shape index (κ3) is 2.97. The largest absolute Gasteiger partial charge is 0.356 e. The van der Waals surface area contributed by atoms with Crippen molar-refractivity contribution in [1.82, 2.24) is 15.2 Å². The van der Waals surface area contributed by atoms with Gasteiger partial charge in [-0.3, -0.25) is 4.98 Å². The van der Waals surface area contributed by atoms with E-state index in [-0.39, 0.29) is 0 Å². The number of hydrogen-bond donors (Lipinski definition) is 1. The first-order valence-electron chi connectivity index (χ1n) is 4.38.